The minimum Gasteiger partial charge on any atom is -0.304 e. The van der Waals surface area contributed by atoms with Gasteiger partial charge in [-0.15, -0.1) is 0 Å². The van der Waals surface area contributed by atoms with Crippen LogP contribution < -0.4 is 0 Å². The first-order valence-electron chi connectivity index (χ1n) is 31.1. The Balaban J connectivity index is 3.21. The molecule has 0 unspecified atom stereocenters. The van der Waals surface area contributed by atoms with Crippen molar-refractivity contribution in [1.82, 2.24) is 4.90 Å². The standard InChI is InChI=1S/C62H127N/c1-4-7-9-11-13-15-17-19-21-23-25-27-29-31-33-35-37-39-41-43-45-47-49-51-53-55-57-59-61-63(6-3)62-60-58-56-54-52-50-48-46-44-42-40-38-36-34-32-30-28-26-24-22-20-18-16-14-12-10-8-5-2/h4-62H2,1-3H3. The third kappa shape index (κ3) is 58.0. The Kier molecular flexibility index (Phi) is 59.9. The monoisotopic (exact) mass is 886 g/mol. The molecule has 0 radical (unpaired) electrons. The molecule has 0 aromatic carbocycles. The lowest BCUT2D eigenvalue weighted by atomic mass is 10.0. The van der Waals surface area contributed by atoms with Gasteiger partial charge in [-0.05, 0) is 32.5 Å². The smallest absolute Gasteiger partial charge is 0.00189 e. The van der Waals surface area contributed by atoms with Gasteiger partial charge in [0.1, 0.15) is 0 Å². The summed E-state index contributed by atoms with van der Waals surface area (Å²) in [4.78, 5) is 2.74. The molecule has 0 fully saturated rings. The first-order chi connectivity index (χ1) is 31.3. The Bertz CT molecular complexity index is 686. The highest BCUT2D eigenvalue weighted by Gasteiger charge is 2.03. The van der Waals surface area contributed by atoms with Crippen LogP contribution in [-0.4, -0.2) is 24.5 Å². The summed E-state index contributed by atoms with van der Waals surface area (Å²) in [6.45, 7) is 10.9. The lowest BCUT2D eigenvalue weighted by molar-refractivity contribution is 0.273. The molecule has 0 aliphatic heterocycles. The van der Waals surface area contributed by atoms with Crippen LogP contribution in [0, 0.1) is 0 Å². The van der Waals surface area contributed by atoms with E-state index >= 15 is 0 Å². The van der Waals surface area contributed by atoms with E-state index in [4.69, 9.17) is 0 Å². The number of hydrogen-bond acceptors (Lipinski definition) is 1. The van der Waals surface area contributed by atoms with Gasteiger partial charge in [-0.25, -0.2) is 0 Å². The van der Waals surface area contributed by atoms with E-state index < -0.39 is 0 Å². The van der Waals surface area contributed by atoms with Gasteiger partial charge in [0.25, 0.3) is 0 Å². The van der Waals surface area contributed by atoms with Crippen molar-refractivity contribution in [1.29, 1.82) is 0 Å². The zero-order valence-corrected chi connectivity index (χ0v) is 45.2. The lowest BCUT2D eigenvalue weighted by Crippen LogP contribution is -2.25. The van der Waals surface area contributed by atoms with Gasteiger partial charge < -0.3 is 4.90 Å². The fourth-order valence-electron chi connectivity index (χ4n) is 10.4. The van der Waals surface area contributed by atoms with Crippen molar-refractivity contribution >= 4 is 0 Å². The van der Waals surface area contributed by atoms with E-state index in [0.29, 0.717) is 0 Å². The number of hydrogen-bond donors (Lipinski definition) is 0. The Morgan fingerprint density at radius 1 is 0.143 bits per heavy atom. The molecule has 0 saturated carbocycles. The molecule has 0 spiro atoms. The second kappa shape index (κ2) is 60.0. The molecule has 1 nitrogen and oxygen atoms in total. The van der Waals surface area contributed by atoms with E-state index in [1.165, 1.54) is 379 Å². The van der Waals surface area contributed by atoms with Crippen molar-refractivity contribution in [3.8, 4) is 0 Å². The topological polar surface area (TPSA) is 3.24 Å². The highest BCUT2D eigenvalue weighted by Crippen LogP contribution is 2.19. The van der Waals surface area contributed by atoms with E-state index in [9.17, 15) is 0 Å². The molecule has 0 aromatic heterocycles. The lowest BCUT2D eigenvalue weighted by Gasteiger charge is -2.20. The van der Waals surface area contributed by atoms with Crippen LogP contribution in [0.15, 0.2) is 0 Å². The number of nitrogens with zero attached hydrogens (tertiary/aromatic N) is 1. The summed E-state index contributed by atoms with van der Waals surface area (Å²) in [6, 6.07) is 0. The minimum atomic E-state index is 1.25. The summed E-state index contributed by atoms with van der Waals surface area (Å²) in [6.07, 6.45) is 82.8. The Labute approximate surface area is 403 Å². The average molecular weight is 887 g/mol. The van der Waals surface area contributed by atoms with E-state index in [-0.39, 0.29) is 0 Å². The largest absolute Gasteiger partial charge is 0.304 e. The van der Waals surface area contributed by atoms with Crippen LogP contribution >= 0.6 is 0 Å². The highest BCUT2D eigenvalue weighted by molar-refractivity contribution is 4.59. The molecule has 0 aliphatic rings. The summed E-state index contributed by atoms with van der Waals surface area (Å²) in [5.74, 6) is 0. The van der Waals surface area contributed by atoms with Crippen LogP contribution in [0.5, 0.6) is 0 Å². The maximum absolute atomic E-state index is 2.74. The SMILES string of the molecule is CCCCCCCCCCCCCCCCCCCCCCCCCCCCCCN(CC)CCCCCCCCCCCCCCCCCCCCCCCCCCCCCC. The van der Waals surface area contributed by atoms with Gasteiger partial charge in [-0.2, -0.15) is 0 Å². The maximum Gasteiger partial charge on any atom is -0.00189 e. The molecule has 380 valence electrons. The van der Waals surface area contributed by atoms with Gasteiger partial charge in [0.05, 0.1) is 0 Å². The second-order valence-electron chi connectivity index (χ2n) is 21.5. The van der Waals surface area contributed by atoms with Gasteiger partial charge in [0.15, 0.2) is 0 Å². The van der Waals surface area contributed by atoms with E-state index in [1.54, 1.807) is 0 Å². The van der Waals surface area contributed by atoms with Crippen LogP contribution in [0.3, 0.4) is 0 Å². The van der Waals surface area contributed by atoms with E-state index in [0.717, 1.165) is 0 Å². The highest BCUT2D eigenvalue weighted by atomic mass is 15.1. The van der Waals surface area contributed by atoms with E-state index in [1.807, 2.05) is 0 Å². The van der Waals surface area contributed by atoms with Crippen molar-refractivity contribution in [2.45, 2.75) is 380 Å². The van der Waals surface area contributed by atoms with Gasteiger partial charge >= 0.3 is 0 Å². The normalized spacial score (nSPS) is 11.8. The third-order valence-corrected chi connectivity index (χ3v) is 15.1. The second-order valence-corrected chi connectivity index (χ2v) is 21.5. The molecule has 0 N–H and O–H groups in total. The maximum atomic E-state index is 2.74. The Morgan fingerprint density at radius 3 is 0.365 bits per heavy atom. The summed E-state index contributed by atoms with van der Waals surface area (Å²) in [5.41, 5.74) is 0. The van der Waals surface area contributed by atoms with Crippen molar-refractivity contribution < 1.29 is 0 Å². The summed E-state index contributed by atoms with van der Waals surface area (Å²) >= 11 is 0. The molecule has 0 rings (SSSR count). The molecular formula is C62H127N. The Morgan fingerprint density at radius 2 is 0.254 bits per heavy atom. The molecule has 0 saturated heterocycles. The predicted octanol–water partition coefficient (Wildman–Crippen LogP) is 23.2. The number of rotatable bonds is 59. The summed E-state index contributed by atoms with van der Waals surface area (Å²) in [7, 11) is 0. The van der Waals surface area contributed by atoms with Crippen LogP contribution in [0.4, 0.5) is 0 Å². The first-order valence-corrected chi connectivity index (χ1v) is 31.1. The zero-order chi connectivity index (χ0) is 45.3. The molecule has 0 heterocycles. The summed E-state index contributed by atoms with van der Waals surface area (Å²) < 4.78 is 0. The molecule has 63 heavy (non-hydrogen) atoms. The fraction of sp³-hybridized carbons (Fsp3) is 1.00. The molecule has 0 aliphatic carbocycles. The molecule has 0 bridgehead atoms. The Hall–Kier alpha value is -0.0400. The third-order valence-electron chi connectivity index (χ3n) is 15.1. The van der Waals surface area contributed by atoms with Gasteiger partial charge in [0, 0.05) is 0 Å². The molecule has 1 heteroatoms. The molecular weight excluding hydrogens is 759 g/mol. The molecule has 0 aromatic rings. The van der Waals surface area contributed by atoms with Crippen molar-refractivity contribution in [2.24, 2.45) is 0 Å². The van der Waals surface area contributed by atoms with E-state index in [2.05, 4.69) is 25.7 Å². The first kappa shape index (κ1) is 63.0. The van der Waals surface area contributed by atoms with Gasteiger partial charge in [-0.1, -0.05) is 367 Å². The zero-order valence-electron chi connectivity index (χ0n) is 45.2. The van der Waals surface area contributed by atoms with Gasteiger partial charge in [-0.3, -0.25) is 0 Å². The fourth-order valence-corrected chi connectivity index (χ4v) is 10.4. The van der Waals surface area contributed by atoms with Crippen LogP contribution in [-0.2, 0) is 0 Å². The minimum absolute atomic E-state index is 1.25. The van der Waals surface area contributed by atoms with Crippen molar-refractivity contribution in [3.05, 3.63) is 0 Å². The number of unbranched alkanes of at least 4 members (excludes halogenated alkanes) is 54. The van der Waals surface area contributed by atoms with Crippen molar-refractivity contribution in [2.75, 3.05) is 19.6 Å². The van der Waals surface area contributed by atoms with Crippen LogP contribution in [0.25, 0.3) is 0 Å². The van der Waals surface area contributed by atoms with Crippen LogP contribution in [0.2, 0.25) is 0 Å². The predicted molar refractivity (Wildman–Crippen MR) is 292 cm³/mol. The van der Waals surface area contributed by atoms with Crippen molar-refractivity contribution in [3.63, 3.8) is 0 Å². The summed E-state index contributed by atoms with van der Waals surface area (Å²) in [5, 5.41) is 0. The van der Waals surface area contributed by atoms with Gasteiger partial charge in [0.2, 0.25) is 0 Å². The quantitative estimate of drug-likeness (QED) is 0.0550. The van der Waals surface area contributed by atoms with Crippen LogP contribution in [0.1, 0.15) is 380 Å². The molecule has 0 atom stereocenters. The molecule has 0 amide bonds. The average Bonchev–Trinajstić information content (AvgIpc) is 3.30.